The number of fused-ring (bicyclic) bond motifs is 10. The molecule has 1 saturated heterocycles. The second kappa shape index (κ2) is 7.33. The monoisotopic (exact) mass is 468 g/mol. The molecule has 7 nitrogen and oxygen atoms in total. The second-order valence-electron chi connectivity index (χ2n) is 9.44. The Morgan fingerprint density at radius 3 is 2.06 bits per heavy atom. The Morgan fingerprint density at radius 1 is 0.829 bits per heavy atom. The average Bonchev–Trinajstić information content (AvgIpc) is 3.32. The van der Waals surface area contributed by atoms with Gasteiger partial charge in [-0.1, -0.05) is 48.5 Å². The van der Waals surface area contributed by atoms with Crippen molar-refractivity contribution >= 4 is 55.6 Å². The fourth-order valence-electron chi connectivity index (χ4n) is 6.23. The number of rotatable bonds is 3. The van der Waals surface area contributed by atoms with E-state index in [1.54, 1.807) is 0 Å². The highest BCUT2D eigenvalue weighted by molar-refractivity contribution is 6.22. The number of nitrogens with zero attached hydrogens (tertiary/aromatic N) is 2. The predicted octanol–water partition coefficient (Wildman–Crippen LogP) is 5.24. The number of hydrogen-bond donors (Lipinski definition) is 0. The summed E-state index contributed by atoms with van der Waals surface area (Å²) in [7, 11) is 0. The number of benzene rings is 3. The zero-order valence-corrected chi connectivity index (χ0v) is 19.4. The van der Waals surface area contributed by atoms with Gasteiger partial charge >= 0.3 is 11.9 Å². The van der Waals surface area contributed by atoms with Crippen LogP contribution in [0, 0.1) is 0 Å². The van der Waals surface area contributed by atoms with Crippen molar-refractivity contribution in [3.63, 3.8) is 0 Å². The van der Waals surface area contributed by atoms with Crippen LogP contribution in [0.2, 0.25) is 0 Å². The molecule has 0 saturated carbocycles. The quantitative estimate of drug-likeness (QED) is 0.339. The lowest BCUT2D eigenvalue weighted by Crippen LogP contribution is -2.48. The van der Waals surface area contributed by atoms with Crippen molar-refractivity contribution in [2.75, 3.05) is 6.61 Å². The fourth-order valence-corrected chi connectivity index (χ4v) is 6.23. The standard InChI is InChI=1S/C28H24N2O5/c1-15(31)33-14-24-28(34-16(2)32)23-13-25(35-24)30-22-10-6-4-8-18(22)20-12-11-19-17-7-3-5-9-21(17)29(23)26(19)27(20)30/h3-12,23-25,28H,13-14H2,1-2H3/t23-,24-,25-,28+/m1/s1. The van der Waals surface area contributed by atoms with Gasteiger partial charge in [-0.15, -0.1) is 0 Å². The van der Waals surface area contributed by atoms with E-state index in [4.69, 9.17) is 14.2 Å². The van der Waals surface area contributed by atoms with E-state index < -0.39 is 18.2 Å². The molecule has 2 aromatic heterocycles. The Labute approximate surface area is 200 Å². The topological polar surface area (TPSA) is 71.7 Å². The van der Waals surface area contributed by atoms with Gasteiger partial charge in [0.2, 0.25) is 0 Å². The van der Waals surface area contributed by atoms with Crippen molar-refractivity contribution in [2.45, 2.75) is 44.7 Å². The largest absolute Gasteiger partial charge is 0.463 e. The van der Waals surface area contributed by atoms with Crippen molar-refractivity contribution in [1.29, 1.82) is 0 Å². The van der Waals surface area contributed by atoms with Gasteiger partial charge in [0.15, 0.2) is 6.10 Å². The van der Waals surface area contributed by atoms with Crippen LogP contribution < -0.4 is 0 Å². The average molecular weight is 469 g/mol. The van der Waals surface area contributed by atoms with Crippen LogP contribution in [-0.2, 0) is 23.8 Å². The highest BCUT2D eigenvalue weighted by atomic mass is 16.6. The molecule has 0 N–H and O–H groups in total. The van der Waals surface area contributed by atoms with Crippen LogP contribution in [0.25, 0.3) is 43.6 Å². The van der Waals surface area contributed by atoms with Gasteiger partial charge in [-0.25, -0.2) is 0 Å². The molecule has 5 aromatic rings. The minimum atomic E-state index is -0.603. The number of esters is 2. The van der Waals surface area contributed by atoms with E-state index >= 15 is 0 Å². The molecule has 4 heterocycles. The first kappa shape index (κ1) is 20.5. The minimum absolute atomic E-state index is 0.0152. The molecule has 176 valence electrons. The van der Waals surface area contributed by atoms with E-state index in [-0.39, 0.29) is 24.8 Å². The van der Waals surface area contributed by atoms with Gasteiger partial charge in [0.1, 0.15) is 18.9 Å². The van der Waals surface area contributed by atoms with Crippen LogP contribution in [-0.4, -0.2) is 39.9 Å². The summed E-state index contributed by atoms with van der Waals surface area (Å²) < 4.78 is 22.5. The van der Waals surface area contributed by atoms with E-state index in [1.807, 2.05) is 12.1 Å². The van der Waals surface area contributed by atoms with Crippen molar-refractivity contribution < 1.29 is 23.8 Å². The molecule has 0 amide bonds. The summed E-state index contributed by atoms with van der Waals surface area (Å²) in [6.45, 7) is 2.80. The first-order valence-corrected chi connectivity index (χ1v) is 11.9. The SMILES string of the molecule is CC(=O)OC[C@H]1O[C@@H]2C[C@H]([C@@H]1OC(C)=O)n1c3ccccc3c3ccc4c5ccccc5n2c4c31. The van der Waals surface area contributed by atoms with E-state index in [9.17, 15) is 9.59 Å². The van der Waals surface area contributed by atoms with E-state index in [0.29, 0.717) is 6.42 Å². The smallest absolute Gasteiger partial charge is 0.303 e. The molecule has 4 atom stereocenters. The van der Waals surface area contributed by atoms with Gasteiger partial charge in [-0.2, -0.15) is 0 Å². The molecule has 35 heavy (non-hydrogen) atoms. The number of aromatic nitrogens is 2. The molecular weight excluding hydrogens is 444 g/mol. The van der Waals surface area contributed by atoms with Crippen LogP contribution >= 0.6 is 0 Å². The summed E-state index contributed by atoms with van der Waals surface area (Å²) in [4.78, 5) is 23.9. The maximum Gasteiger partial charge on any atom is 0.303 e. The molecule has 0 radical (unpaired) electrons. The van der Waals surface area contributed by atoms with Crippen LogP contribution in [0.3, 0.4) is 0 Å². The molecule has 0 spiro atoms. The lowest BCUT2D eigenvalue weighted by molar-refractivity contribution is -0.201. The first-order chi connectivity index (χ1) is 17.0. The molecule has 2 bridgehead atoms. The number of para-hydroxylation sites is 2. The summed E-state index contributed by atoms with van der Waals surface area (Å²) in [5.41, 5.74) is 4.40. The van der Waals surface area contributed by atoms with Crippen molar-refractivity contribution in [3.8, 4) is 0 Å². The zero-order chi connectivity index (χ0) is 23.8. The lowest BCUT2D eigenvalue weighted by Gasteiger charge is -2.41. The number of carbonyl (C=O) groups is 2. The molecule has 7 heteroatoms. The maximum absolute atomic E-state index is 12.2. The van der Waals surface area contributed by atoms with E-state index in [1.165, 1.54) is 19.2 Å². The first-order valence-electron chi connectivity index (χ1n) is 11.9. The molecule has 0 aliphatic carbocycles. The van der Waals surface area contributed by atoms with Crippen LogP contribution in [0.1, 0.15) is 32.5 Å². The Hall–Kier alpha value is -3.84. The lowest BCUT2D eigenvalue weighted by atomic mass is 9.97. The summed E-state index contributed by atoms with van der Waals surface area (Å²) in [5, 5.41) is 4.64. The maximum atomic E-state index is 12.2. The van der Waals surface area contributed by atoms with Crippen molar-refractivity contribution in [1.82, 2.24) is 9.13 Å². The molecule has 2 aliphatic heterocycles. The van der Waals surface area contributed by atoms with E-state index in [2.05, 4.69) is 57.7 Å². The van der Waals surface area contributed by atoms with Crippen LogP contribution in [0.5, 0.6) is 0 Å². The highest BCUT2D eigenvalue weighted by Crippen LogP contribution is 2.49. The third-order valence-electron chi connectivity index (χ3n) is 7.43. The highest BCUT2D eigenvalue weighted by Gasteiger charge is 2.46. The Kier molecular flexibility index (Phi) is 4.30. The minimum Gasteiger partial charge on any atom is -0.463 e. The normalized spacial score (nSPS) is 23.3. The summed E-state index contributed by atoms with van der Waals surface area (Å²) in [5.74, 6) is -0.778. The van der Waals surface area contributed by atoms with E-state index in [0.717, 1.165) is 38.2 Å². The Morgan fingerprint density at radius 2 is 1.43 bits per heavy atom. The summed E-state index contributed by atoms with van der Waals surface area (Å²) >= 11 is 0. The zero-order valence-electron chi connectivity index (χ0n) is 19.4. The molecule has 1 fully saturated rings. The van der Waals surface area contributed by atoms with Crippen LogP contribution in [0.4, 0.5) is 0 Å². The Bertz CT molecular complexity index is 1680. The van der Waals surface area contributed by atoms with Gasteiger partial charge in [0.05, 0.1) is 22.6 Å². The molecule has 3 aromatic carbocycles. The molecule has 0 unspecified atom stereocenters. The van der Waals surface area contributed by atoms with Gasteiger partial charge in [0, 0.05) is 47.3 Å². The number of hydrogen-bond acceptors (Lipinski definition) is 5. The van der Waals surface area contributed by atoms with Gasteiger partial charge in [0.25, 0.3) is 0 Å². The number of ether oxygens (including phenoxy) is 3. The number of carbonyl (C=O) groups excluding carboxylic acids is 2. The third-order valence-corrected chi connectivity index (χ3v) is 7.43. The second-order valence-corrected chi connectivity index (χ2v) is 9.44. The summed E-state index contributed by atoms with van der Waals surface area (Å²) in [6.07, 6.45) is -0.898. The molecular formula is C28H24N2O5. The molecule has 7 rings (SSSR count). The Balaban J connectivity index is 1.60. The third kappa shape index (κ3) is 2.82. The van der Waals surface area contributed by atoms with Crippen LogP contribution in [0.15, 0.2) is 60.7 Å². The van der Waals surface area contributed by atoms with Gasteiger partial charge in [-0.3, -0.25) is 9.59 Å². The predicted molar refractivity (Wildman–Crippen MR) is 132 cm³/mol. The van der Waals surface area contributed by atoms with Crippen molar-refractivity contribution in [3.05, 3.63) is 60.7 Å². The fraction of sp³-hybridized carbons (Fsp3) is 0.286. The summed E-state index contributed by atoms with van der Waals surface area (Å²) in [6, 6.07) is 20.9. The molecule has 2 aliphatic rings. The van der Waals surface area contributed by atoms with Crippen molar-refractivity contribution in [2.24, 2.45) is 0 Å². The van der Waals surface area contributed by atoms with Gasteiger partial charge < -0.3 is 23.3 Å². The van der Waals surface area contributed by atoms with Gasteiger partial charge in [-0.05, 0) is 12.1 Å².